The SMILES string of the molecule is CCC(COC)NC(=O)c1ccccc1SCc1c(C)noc1C. The van der Waals surface area contributed by atoms with Crippen LogP contribution in [0.4, 0.5) is 0 Å². The second-order valence-corrected chi connectivity index (χ2v) is 6.64. The van der Waals surface area contributed by atoms with Crippen LogP contribution in [0.3, 0.4) is 0 Å². The average molecular weight is 348 g/mol. The monoisotopic (exact) mass is 348 g/mol. The Balaban J connectivity index is 2.10. The van der Waals surface area contributed by atoms with Gasteiger partial charge in [-0.05, 0) is 32.4 Å². The number of carbonyl (C=O) groups is 1. The fourth-order valence-electron chi connectivity index (χ4n) is 2.36. The lowest BCUT2D eigenvalue weighted by Gasteiger charge is -2.17. The summed E-state index contributed by atoms with van der Waals surface area (Å²) in [6, 6.07) is 7.66. The molecule has 2 rings (SSSR count). The first-order chi connectivity index (χ1) is 11.6. The standard InChI is InChI=1S/C18H24N2O3S/c1-5-14(10-22-4)19-18(21)15-8-6-7-9-17(15)24-11-16-12(2)20-23-13(16)3/h6-9,14H,5,10-11H2,1-4H3,(H,19,21). The zero-order valence-corrected chi connectivity index (χ0v) is 15.4. The van der Waals surface area contributed by atoms with E-state index in [-0.39, 0.29) is 11.9 Å². The van der Waals surface area contributed by atoms with Crippen molar-refractivity contribution in [1.29, 1.82) is 0 Å². The molecule has 1 aromatic heterocycles. The number of aryl methyl sites for hydroxylation is 2. The summed E-state index contributed by atoms with van der Waals surface area (Å²) in [5, 5.41) is 7.01. The summed E-state index contributed by atoms with van der Waals surface area (Å²) in [6.07, 6.45) is 0.827. The second-order valence-electron chi connectivity index (χ2n) is 5.62. The molecule has 0 spiro atoms. The number of aromatic nitrogens is 1. The zero-order chi connectivity index (χ0) is 17.5. The Kier molecular flexibility index (Phi) is 6.87. The van der Waals surface area contributed by atoms with E-state index in [4.69, 9.17) is 9.26 Å². The first kappa shape index (κ1) is 18.5. The van der Waals surface area contributed by atoms with Crippen LogP contribution < -0.4 is 5.32 Å². The molecule has 0 saturated heterocycles. The zero-order valence-electron chi connectivity index (χ0n) is 14.6. The van der Waals surface area contributed by atoms with E-state index in [1.54, 1.807) is 18.9 Å². The van der Waals surface area contributed by atoms with Crippen LogP contribution in [0.5, 0.6) is 0 Å². The Morgan fingerprint density at radius 2 is 2.12 bits per heavy atom. The molecule has 1 amide bonds. The summed E-state index contributed by atoms with van der Waals surface area (Å²) < 4.78 is 10.3. The lowest BCUT2D eigenvalue weighted by Crippen LogP contribution is -2.37. The summed E-state index contributed by atoms with van der Waals surface area (Å²) in [4.78, 5) is 13.5. The predicted octanol–water partition coefficient (Wildman–Crippen LogP) is 3.74. The molecule has 1 N–H and O–H groups in total. The van der Waals surface area contributed by atoms with Crippen molar-refractivity contribution in [2.75, 3.05) is 13.7 Å². The third-order valence-corrected chi connectivity index (χ3v) is 4.98. The van der Waals surface area contributed by atoms with E-state index in [9.17, 15) is 4.79 Å². The molecule has 0 aliphatic rings. The van der Waals surface area contributed by atoms with Gasteiger partial charge in [0, 0.05) is 23.3 Å². The summed E-state index contributed by atoms with van der Waals surface area (Å²) in [5.74, 6) is 1.48. The average Bonchev–Trinajstić information content (AvgIpc) is 2.91. The van der Waals surface area contributed by atoms with E-state index < -0.39 is 0 Å². The quantitative estimate of drug-likeness (QED) is 0.736. The number of nitrogens with one attached hydrogen (secondary N) is 1. The van der Waals surface area contributed by atoms with Crippen molar-refractivity contribution in [3.63, 3.8) is 0 Å². The lowest BCUT2D eigenvalue weighted by atomic mass is 10.1. The molecule has 1 aromatic carbocycles. The summed E-state index contributed by atoms with van der Waals surface area (Å²) >= 11 is 1.62. The highest BCUT2D eigenvalue weighted by Gasteiger charge is 2.16. The smallest absolute Gasteiger partial charge is 0.252 e. The van der Waals surface area contributed by atoms with Gasteiger partial charge in [0.05, 0.1) is 23.9 Å². The molecule has 1 unspecified atom stereocenters. The van der Waals surface area contributed by atoms with Gasteiger partial charge in [-0.25, -0.2) is 0 Å². The van der Waals surface area contributed by atoms with E-state index >= 15 is 0 Å². The van der Waals surface area contributed by atoms with Gasteiger partial charge in [-0.2, -0.15) is 0 Å². The number of carbonyl (C=O) groups excluding carboxylic acids is 1. The topological polar surface area (TPSA) is 64.4 Å². The van der Waals surface area contributed by atoms with Crippen molar-refractivity contribution in [2.24, 2.45) is 0 Å². The molecule has 24 heavy (non-hydrogen) atoms. The van der Waals surface area contributed by atoms with E-state index in [2.05, 4.69) is 10.5 Å². The van der Waals surface area contributed by atoms with Gasteiger partial charge in [-0.1, -0.05) is 24.2 Å². The number of amides is 1. The fourth-order valence-corrected chi connectivity index (χ4v) is 3.57. The first-order valence-electron chi connectivity index (χ1n) is 8.00. The van der Waals surface area contributed by atoms with Crippen molar-refractivity contribution in [1.82, 2.24) is 10.5 Å². The fraction of sp³-hybridized carbons (Fsp3) is 0.444. The number of benzene rings is 1. The highest BCUT2D eigenvalue weighted by Crippen LogP contribution is 2.28. The van der Waals surface area contributed by atoms with E-state index in [1.165, 1.54) is 0 Å². The second kappa shape index (κ2) is 8.89. The molecule has 0 aliphatic heterocycles. The molecular weight excluding hydrogens is 324 g/mol. The minimum Gasteiger partial charge on any atom is -0.383 e. The van der Waals surface area contributed by atoms with Crippen molar-refractivity contribution < 1.29 is 14.1 Å². The highest BCUT2D eigenvalue weighted by atomic mass is 32.2. The number of hydrogen-bond acceptors (Lipinski definition) is 5. The molecular formula is C18H24N2O3S. The third kappa shape index (κ3) is 4.61. The molecule has 130 valence electrons. The van der Waals surface area contributed by atoms with Gasteiger partial charge in [-0.3, -0.25) is 4.79 Å². The van der Waals surface area contributed by atoms with Crippen LogP contribution in [0.2, 0.25) is 0 Å². The van der Waals surface area contributed by atoms with Crippen LogP contribution in [-0.2, 0) is 10.5 Å². The van der Waals surface area contributed by atoms with Crippen LogP contribution in [0, 0.1) is 13.8 Å². The first-order valence-corrected chi connectivity index (χ1v) is 8.98. The molecule has 0 aliphatic carbocycles. The van der Waals surface area contributed by atoms with Gasteiger partial charge in [-0.15, -0.1) is 11.8 Å². The van der Waals surface area contributed by atoms with Crippen LogP contribution in [-0.4, -0.2) is 30.8 Å². The largest absolute Gasteiger partial charge is 0.383 e. The van der Waals surface area contributed by atoms with Crippen LogP contribution in [0.1, 0.15) is 40.7 Å². The Bertz CT molecular complexity index is 665. The van der Waals surface area contributed by atoms with E-state index in [0.29, 0.717) is 12.2 Å². The summed E-state index contributed by atoms with van der Waals surface area (Å²) in [7, 11) is 1.64. The van der Waals surface area contributed by atoms with Crippen molar-refractivity contribution in [3.05, 3.63) is 46.8 Å². The number of ether oxygens (including phenoxy) is 1. The maximum atomic E-state index is 12.6. The molecule has 1 heterocycles. The van der Waals surface area contributed by atoms with Crippen molar-refractivity contribution in [3.8, 4) is 0 Å². The van der Waals surface area contributed by atoms with Crippen LogP contribution in [0.15, 0.2) is 33.7 Å². The third-order valence-electron chi connectivity index (χ3n) is 3.88. The van der Waals surface area contributed by atoms with Crippen molar-refractivity contribution in [2.45, 2.75) is 43.9 Å². The maximum absolute atomic E-state index is 12.6. The molecule has 0 radical (unpaired) electrons. The van der Waals surface area contributed by atoms with Gasteiger partial charge in [0.25, 0.3) is 5.91 Å². The Morgan fingerprint density at radius 1 is 1.38 bits per heavy atom. The number of methoxy groups -OCH3 is 1. The van der Waals surface area contributed by atoms with Crippen LogP contribution >= 0.6 is 11.8 Å². The molecule has 0 saturated carbocycles. The number of hydrogen-bond donors (Lipinski definition) is 1. The Labute approximate surface area is 147 Å². The molecule has 1 atom stereocenters. The normalized spacial score (nSPS) is 12.2. The maximum Gasteiger partial charge on any atom is 0.252 e. The van der Waals surface area contributed by atoms with Gasteiger partial charge in [0.15, 0.2) is 0 Å². The lowest BCUT2D eigenvalue weighted by molar-refractivity contribution is 0.0891. The van der Waals surface area contributed by atoms with E-state index in [0.717, 1.165) is 34.1 Å². The number of nitrogens with zero attached hydrogens (tertiary/aromatic N) is 1. The summed E-state index contributed by atoms with van der Waals surface area (Å²) in [6.45, 7) is 6.38. The Morgan fingerprint density at radius 3 is 2.75 bits per heavy atom. The number of thioether (sulfide) groups is 1. The molecule has 5 nitrogen and oxygen atoms in total. The molecule has 2 aromatic rings. The van der Waals surface area contributed by atoms with Crippen LogP contribution in [0.25, 0.3) is 0 Å². The van der Waals surface area contributed by atoms with Gasteiger partial charge >= 0.3 is 0 Å². The van der Waals surface area contributed by atoms with E-state index in [1.807, 2.05) is 45.0 Å². The Hall–Kier alpha value is -1.79. The highest BCUT2D eigenvalue weighted by molar-refractivity contribution is 7.98. The summed E-state index contributed by atoms with van der Waals surface area (Å²) in [5.41, 5.74) is 2.66. The van der Waals surface area contributed by atoms with Gasteiger partial charge in [0.1, 0.15) is 5.76 Å². The van der Waals surface area contributed by atoms with Crippen molar-refractivity contribution >= 4 is 17.7 Å². The minimum atomic E-state index is -0.0687. The van der Waals surface area contributed by atoms with Gasteiger partial charge < -0.3 is 14.6 Å². The van der Waals surface area contributed by atoms with Gasteiger partial charge in [0.2, 0.25) is 0 Å². The number of rotatable bonds is 8. The molecule has 6 heteroatoms. The molecule has 0 fully saturated rings. The molecule has 0 bridgehead atoms. The predicted molar refractivity (Wildman–Crippen MR) is 95.4 cm³/mol. The minimum absolute atomic E-state index is 0.0168.